The van der Waals surface area contributed by atoms with Gasteiger partial charge in [0.1, 0.15) is 12.6 Å². The highest BCUT2D eigenvalue weighted by Gasteiger charge is 2.43. The van der Waals surface area contributed by atoms with Gasteiger partial charge in [-0.2, -0.15) is 0 Å². The zero-order valence-corrected chi connectivity index (χ0v) is 28.9. The van der Waals surface area contributed by atoms with Crippen LogP contribution in [0.2, 0.25) is 0 Å². The van der Waals surface area contributed by atoms with Crippen LogP contribution in [0.15, 0.2) is 77.7 Å². The molecule has 0 aliphatic carbocycles. The van der Waals surface area contributed by atoms with Gasteiger partial charge in [0.2, 0.25) is 5.91 Å². The molecule has 0 fully saturated rings. The summed E-state index contributed by atoms with van der Waals surface area (Å²) in [6.45, 7) is 2.07. The highest BCUT2D eigenvalue weighted by atomic mass is 32.2. The van der Waals surface area contributed by atoms with Gasteiger partial charge >= 0.3 is 11.9 Å². The van der Waals surface area contributed by atoms with Gasteiger partial charge < -0.3 is 35.2 Å². The first-order valence-electron chi connectivity index (χ1n) is 16.4. The molecule has 268 valence electrons. The Balaban J connectivity index is 1.73. The molecule has 0 radical (unpaired) electrons. The van der Waals surface area contributed by atoms with E-state index in [9.17, 15) is 32.7 Å². The first kappa shape index (κ1) is 37.9. The molecule has 1 aliphatic rings. The van der Waals surface area contributed by atoms with Crippen LogP contribution < -0.4 is 25.0 Å². The number of anilines is 2. The number of aliphatic carboxylic acids is 1. The second kappa shape index (κ2) is 17.1. The molecule has 0 bridgehead atoms. The van der Waals surface area contributed by atoms with Gasteiger partial charge in [-0.05, 0) is 37.0 Å². The number of carbonyl (C=O) groups is 4. The SMILES string of the molecule is CCCCC1(CCCO)CN(c2ccccc2)c2cc(OC(C)=O)c(OCC(=O)NC(C(=O)NCC(=O)O)c3ccccc3)cc2S(=O)(=O)C1. The molecule has 2 atom stereocenters. The Hall–Kier alpha value is -4.95. The number of nitrogens with zero attached hydrogens (tertiary/aromatic N) is 1. The van der Waals surface area contributed by atoms with E-state index in [0.29, 0.717) is 37.1 Å². The third-order valence-corrected chi connectivity index (χ3v) is 10.4. The number of fused-ring (bicyclic) bond motifs is 1. The number of aliphatic hydroxyl groups is 1. The van der Waals surface area contributed by atoms with E-state index in [4.69, 9.17) is 14.6 Å². The predicted octanol–water partition coefficient (Wildman–Crippen LogP) is 3.92. The highest BCUT2D eigenvalue weighted by molar-refractivity contribution is 7.91. The largest absolute Gasteiger partial charge is 0.480 e. The topological polar surface area (TPSA) is 189 Å². The van der Waals surface area contributed by atoms with Crippen molar-refractivity contribution in [2.75, 3.05) is 37.0 Å². The van der Waals surface area contributed by atoms with E-state index in [-0.39, 0.29) is 34.4 Å². The molecule has 3 aromatic carbocycles. The Morgan fingerprint density at radius 3 is 2.24 bits per heavy atom. The Morgan fingerprint density at radius 1 is 0.960 bits per heavy atom. The molecule has 0 aromatic heterocycles. The zero-order valence-electron chi connectivity index (χ0n) is 28.1. The summed E-state index contributed by atoms with van der Waals surface area (Å²) < 4.78 is 39.9. The first-order valence-corrected chi connectivity index (χ1v) is 18.0. The van der Waals surface area contributed by atoms with E-state index in [0.717, 1.165) is 12.8 Å². The van der Waals surface area contributed by atoms with Crippen molar-refractivity contribution in [1.29, 1.82) is 0 Å². The quantitative estimate of drug-likeness (QED) is 0.125. The number of amides is 2. The number of esters is 1. The van der Waals surface area contributed by atoms with Crippen molar-refractivity contribution in [2.24, 2.45) is 5.41 Å². The van der Waals surface area contributed by atoms with Crippen molar-refractivity contribution in [1.82, 2.24) is 10.6 Å². The Morgan fingerprint density at radius 2 is 1.62 bits per heavy atom. The average Bonchev–Trinajstić information content (AvgIpc) is 3.18. The van der Waals surface area contributed by atoms with Crippen molar-refractivity contribution in [2.45, 2.75) is 56.9 Å². The predicted molar refractivity (Wildman–Crippen MR) is 185 cm³/mol. The van der Waals surface area contributed by atoms with Crippen LogP contribution >= 0.6 is 0 Å². The van der Waals surface area contributed by atoms with Gasteiger partial charge in [-0.1, -0.05) is 68.3 Å². The number of aliphatic hydroxyl groups excluding tert-OH is 1. The van der Waals surface area contributed by atoms with Crippen LogP contribution in [-0.4, -0.2) is 74.4 Å². The number of hydrogen-bond acceptors (Lipinski definition) is 10. The summed E-state index contributed by atoms with van der Waals surface area (Å²) in [7, 11) is -4.02. The van der Waals surface area contributed by atoms with E-state index in [1.807, 2.05) is 42.2 Å². The van der Waals surface area contributed by atoms with Crippen LogP contribution in [0.3, 0.4) is 0 Å². The fraction of sp³-hybridized carbons (Fsp3) is 0.389. The van der Waals surface area contributed by atoms with Gasteiger partial charge in [0, 0.05) is 43.3 Å². The Labute approximate surface area is 291 Å². The molecule has 2 unspecified atom stereocenters. The summed E-state index contributed by atoms with van der Waals surface area (Å²) in [5.41, 5.74) is 0.647. The van der Waals surface area contributed by atoms with Gasteiger partial charge in [0.15, 0.2) is 27.9 Å². The number of carboxylic acid groups (broad SMARTS) is 1. The second-order valence-corrected chi connectivity index (χ2v) is 14.2. The van der Waals surface area contributed by atoms with Crippen molar-refractivity contribution < 1.29 is 47.3 Å². The lowest BCUT2D eigenvalue weighted by atomic mass is 9.79. The second-order valence-electron chi connectivity index (χ2n) is 12.3. The zero-order chi connectivity index (χ0) is 36.3. The average molecular weight is 710 g/mol. The number of carbonyl (C=O) groups excluding carboxylic acids is 3. The molecule has 2 amide bonds. The minimum absolute atomic E-state index is 0.0785. The van der Waals surface area contributed by atoms with Gasteiger partial charge in [0.05, 0.1) is 16.3 Å². The summed E-state index contributed by atoms with van der Waals surface area (Å²) in [6.07, 6.45) is 3.10. The third kappa shape index (κ3) is 9.82. The van der Waals surface area contributed by atoms with Crippen molar-refractivity contribution in [3.05, 3.63) is 78.4 Å². The molecule has 3 aromatic rings. The monoisotopic (exact) mass is 709 g/mol. The first-order chi connectivity index (χ1) is 23.9. The minimum atomic E-state index is -4.02. The van der Waals surface area contributed by atoms with Crippen LogP contribution in [0.5, 0.6) is 11.5 Å². The number of carboxylic acids is 1. The van der Waals surface area contributed by atoms with Crippen LogP contribution in [0, 0.1) is 5.41 Å². The van der Waals surface area contributed by atoms with E-state index < -0.39 is 58.2 Å². The molecular weight excluding hydrogens is 666 g/mol. The lowest BCUT2D eigenvalue weighted by molar-refractivity contribution is -0.138. The molecule has 14 heteroatoms. The maximum atomic E-state index is 14.3. The molecular formula is C36H43N3O10S. The normalized spacial score (nSPS) is 17.1. The fourth-order valence-corrected chi connectivity index (χ4v) is 8.23. The minimum Gasteiger partial charge on any atom is -0.480 e. The number of hydrogen-bond donors (Lipinski definition) is 4. The van der Waals surface area contributed by atoms with Crippen LogP contribution in [0.4, 0.5) is 11.4 Å². The number of benzene rings is 3. The summed E-state index contributed by atoms with van der Waals surface area (Å²) in [4.78, 5) is 51.1. The highest BCUT2D eigenvalue weighted by Crippen LogP contribution is 2.48. The van der Waals surface area contributed by atoms with Gasteiger partial charge in [0.25, 0.3) is 5.91 Å². The number of rotatable bonds is 16. The maximum Gasteiger partial charge on any atom is 0.322 e. The maximum absolute atomic E-state index is 14.3. The third-order valence-electron chi connectivity index (χ3n) is 8.36. The van der Waals surface area contributed by atoms with Crippen molar-refractivity contribution >= 4 is 45.0 Å². The van der Waals surface area contributed by atoms with Crippen LogP contribution in [0.1, 0.15) is 57.6 Å². The lowest BCUT2D eigenvalue weighted by Crippen LogP contribution is -2.43. The lowest BCUT2D eigenvalue weighted by Gasteiger charge is -2.37. The molecule has 1 heterocycles. The van der Waals surface area contributed by atoms with E-state index in [2.05, 4.69) is 10.6 Å². The number of sulfone groups is 1. The molecule has 50 heavy (non-hydrogen) atoms. The van der Waals surface area contributed by atoms with Crippen LogP contribution in [0.25, 0.3) is 0 Å². The van der Waals surface area contributed by atoms with E-state index in [1.54, 1.807) is 30.3 Å². The molecule has 4 rings (SSSR count). The van der Waals surface area contributed by atoms with E-state index in [1.165, 1.54) is 19.1 Å². The van der Waals surface area contributed by atoms with Crippen molar-refractivity contribution in [3.8, 4) is 11.5 Å². The Bertz CT molecular complexity index is 1760. The summed E-state index contributed by atoms with van der Waals surface area (Å²) in [5.74, 6) is -4.03. The number of unbranched alkanes of at least 4 members (excludes halogenated alkanes) is 1. The standard InChI is InChI=1S/C36H43N3O10S/c1-3-4-16-36(17-11-18-40)23-39(27-14-9-6-10-15-27)28-19-30(49-25(2)41)29(20-31(28)50(46,47)24-36)48-22-32(42)38-34(26-12-7-5-8-13-26)35(45)37-21-33(43)44/h5-10,12-15,19-20,34,40H,3-4,11,16-18,21-24H2,1-2H3,(H,37,45)(H,38,42)(H,43,44). The smallest absolute Gasteiger partial charge is 0.322 e. The van der Waals surface area contributed by atoms with Gasteiger partial charge in [-0.15, -0.1) is 0 Å². The van der Waals surface area contributed by atoms with Crippen LogP contribution in [-0.2, 0) is 29.0 Å². The summed E-state index contributed by atoms with van der Waals surface area (Å²) in [6, 6.07) is 18.8. The Kier molecular flexibility index (Phi) is 13.0. The molecule has 1 aliphatic heterocycles. The summed E-state index contributed by atoms with van der Waals surface area (Å²) >= 11 is 0. The van der Waals surface area contributed by atoms with Crippen molar-refractivity contribution in [3.63, 3.8) is 0 Å². The van der Waals surface area contributed by atoms with E-state index >= 15 is 0 Å². The molecule has 0 saturated carbocycles. The fourth-order valence-electron chi connectivity index (χ4n) is 6.11. The summed E-state index contributed by atoms with van der Waals surface area (Å²) in [5, 5.41) is 23.5. The van der Waals surface area contributed by atoms with Gasteiger partial charge in [-0.25, -0.2) is 8.42 Å². The molecule has 4 N–H and O–H groups in total. The number of para-hydroxylation sites is 1. The molecule has 0 saturated heterocycles. The number of ether oxygens (including phenoxy) is 2. The molecule has 0 spiro atoms. The molecule has 13 nitrogen and oxygen atoms in total. The number of nitrogens with one attached hydrogen (secondary N) is 2. The van der Waals surface area contributed by atoms with Gasteiger partial charge in [-0.3, -0.25) is 19.2 Å².